The van der Waals surface area contributed by atoms with Gasteiger partial charge >= 0.3 is 0 Å². The summed E-state index contributed by atoms with van der Waals surface area (Å²) in [5.41, 5.74) is 1.50. The molecule has 0 unspecified atom stereocenters. The normalized spacial score (nSPS) is 14.5. The fraction of sp³-hybridized carbons (Fsp3) is 0.294. The van der Waals surface area contributed by atoms with Crippen molar-refractivity contribution in [1.29, 1.82) is 0 Å². The average molecular weight is 366 g/mol. The van der Waals surface area contributed by atoms with Crippen LogP contribution in [-0.2, 0) is 16.0 Å². The van der Waals surface area contributed by atoms with Crippen molar-refractivity contribution in [2.45, 2.75) is 6.42 Å². The molecule has 1 fully saturated rings. The molecule has 126 valence electrons. The number of aromatic nitrogens is 1. The minimum absolute atomic E-state index is 0.129. The van der Waals surface area contributed by atoms with Crippen LogP contribution in [0, 0.1) is 0 Å². The Balaban J connectivity index is 1.71. The molecule has 1 N–H and O–H groups in total. The van der Waals surface area contributed by atoms with Gasteiger partial charge in [0.1, 0.15) is 0 Å². The molecule has 0 saturated carbocycles. The Bertz CT molecular complexity index is 734. The Hall–Kier alpha value is -1.82. The molecule has 24 heavy (non-hydrogen) atoms. The number of nitrogens with one attached hydrogen (secondary N) is 1. The number of nitrogens with zero attached hydrogens (tertiary/aromatic N) is 2. The van der Waals surface area contributed by atoms with Crippen LogP contribution in [0.5, 0.6) is 0 Å². The van der Waals surface area contributed by atoms with Crippen molar-refractivity contribution < 1.29 is 9.53 Å². The van der Waals surface area contributed by atoms with Crippen LogP contribution in [0.4, 0.5) is 11.5 Å². The molecular formula is C17H17Cl2N3O2. The van der Waals surface area contributed by atoms with E-state index in [2.05, 4.69) is 15.2 Å². The van der Waals surface area contributed by atoms with Gasteiger partial charge in [0.15, 0.2) is 5.82 Å². The summed E-state index contributed by atoms with van der Waals surface area (Å²) in [6.45, 7) is 2.83. The molecular weight excluding hydrogens is 349 g/mol. The van der Waals surface area contributed by atoms with E-state index in [4.69, 9.17) is 27.9 Å². The molecule has 1 aliphatic heterocycles. The predicted molar refractivity (Wildman–Crippen MR) is 96.1 cm³/mol. The van der Waals surface area contributed by atoms with E-state index < -0.39 is 0 Å². The molecule has 7 heteroatoms. The number of morpholine rings is 1. The minimum atomic E-state index is -0.129. The van der Waals surface area contributed by atoms with E-state index in [9.17, 15) is 4.79 Å². The van der Waals surface area contributed by atoms with E-state index in [1.165, 1.54) is 0 Å². The van der Waals surface area contributed by atoms with Crippen LogP contribution >= 0.6 is 23.2 Å². The highest BCUT2D eigenvalue weighted by Crippen LogP contribution is 2.25. The predicted octanol–water partition coefficient (Wildman–Crippen LogP) is 3.41. The lowest BCUT2D eigenvalue weighted by molar-refractivity contribution is -0.115. The lowest BCUT2D eigenvalue weighted by atomic mass is 10.1. The van der Waals surface area contributed by atoms with E-state index >= 15 is 0 Å². The van der Waals surface area contributed by atoms with Crippen molar-refractivity contribution in [1.82, 2.24) is 4.98 Å². The molecule has 1 aromatic carbocycles. The third-order valence-electron chi connectivity index (χ3n) is 3.72. The maximum absolute atomic E-state index is 12.4. The summed E-state index contributed by atoms with van der Waals surface area (Å²) in [4.78, 5) is 18.9. The largest absolute Gasteiger partial charge is 0.378 e. The molecule has 5 nitrogen and oxygen atoms in total. The van der Waals surface area contributed by atoms with Crippen molar-refractivity contribution in [3.05, 3.63) is 52.1 Å². The van der Waals surface area contributed by atoms with E-state index in [0.29, 0.717) is 28.9 Å². The van der Waals surface area contributed by atoms with Crippen LogP contribution < -0.4 is 10.2 Å². The smallest absolute Gasteiger partial charge is 0.228 e. The first kappa shape index (κ1) is 17.0. The summed E-state index contributed by atoms with van der Waals surface area (Å²) in [6, 6.07) is 8.84. The number of carbonyl (C=O) groups is 1. The summed E-state index contributed by atoms with van der Waals surface area (Å²) < 4.78 is 5.36. The summed E-state index contributed by atoms with van der Waals surface area (Å²) >= 11 is 11.9. The second-order valence-corrected chi connectivity index (χ2v) is 6.26. The first-order chi connectivity index (χ1) is 11.6. The van der Waals surface area contributed by atoms with Crippen LogP contribution in [0.2, 0.25) is 10.0 Å². The highest BCUT2D eigenvalue weighted by atomic mass is 35.5. The Morgan fingerprint density at radius 1 is 1.21 bits per heavy atom. The zero-order valence-corrected chi connectivity index (χ0v) is 14.5. The van der Waals surface area contributed by atoms with Gasteiger partial charge in [-0.25, -0.2) is 4.98 Å². The Morgan fingerprint density at radius 2 is 2.00 bits per heavy atom. The summed E-state index contributed by atoms with van der Waals surface area (Å²) in [7, 11) is 0. The fourth-order valence-corrected chi connectivity index (χ4v) is 2.87. The van der Waals surface area contributed by atoms with Crippen molar-refractivity contribution in [2.75, 3.05) is 36.5 Å². The van der Waals surface area contributed by atoms with Gasteiger partial charge in [-0.1, -0.05) is 29.3 Å². The van der Waals surface area contributed by atoms with Gasteiger partial charge in [-0.15, -0.1) is 0 Å². The highest BCUT2D eigenvalue weighted by molar-refractivity contribution is 6.42. The van der Waals surface area contributed by atoms with E-state index in [1.807, 2.05) is 6.07 Å². The van der Waals surface area contributed by atoms with Gasteiger partial charge in [-0.3, -0.25) is 4.79 Å². The molecule has 1 aliphatic rings. The Morgan fingerprint density at radius 3 is 2.75 bits per heavy atom. The van der Waals surface area contributed by atoms with Crippen molar-refractivity contribution >= 4 is 40.6 Å². The number of rotatable bonds is 4. The van der Waals surface area contributed by atoms with Crippen LogP contribution in [0.1, 0.15) is 5.56 Å². The number of amides is 1. The molecule has 1 aromatic heterocycles. The maximum atomic E-state index is 12.4. The third-order valence-corrected chi connectivity index (χ3v) is 4.46. The molecule has 0 bridgehead atoms. The van der Waals surface area contributed by atoms with Gasteiger partial charge in [-0.05, 0) is 29.8 Å². The number of pyridine rings is 1. The number of hydrogen-bond acceptors (Lipinski definition) is 4. The second-order valence-electron chi connectivity index (χ2n) is 5.45. The van der Waals surface area contributed by atoms with Gasteiger partial charge in [0.2, 0.25) is 5.91 Å². The van der Waals surface area contributed by atoms with Crippen molar-refractivity contribution in [3.8, 4) is 0 Å². The van der Waals surface area contributed by atoms with Gasteiger partial charge < -0.3 is 15.0 Å². The lowest BCUT2D eigenvalue weighted by Crippen LogP contribution is -2.37. The number of hydrogen-bond donors (Lipinski definition) is 1. The number of carbonyl (C=O) groups excluding carboxylic acids is 1. The zero-order chi connectivity index (χ0) is 16.9. The Kier molecular flexibility index (Phi) is 5.56. The van der Waals surface area contributed by atoms with Gasteiger partial charge in [-0.2, -0.15) is 0 Å². The molecule has 1 amide bonds. The summed E-state index contributed by atoms with van der Waals surface area (Å²) in [6.07, 6.45) is 1.94. The number of anilines is 2. The SMILES string of the molecule is O=C(Cc1ccc(Cl)c(Cl)c1)Nc1cccnc1N1CCOCC1. The minimum Gasteiger partial charge on any atom is -0.378 e. The fourth-order valence-electron chi connectivity index (χ4n) is 2.55. The first-order valence-corrected chi connectivity index (χ1v) is 8.40. The van der Waals surface area contributed by atoms with E-state index in [1.54, 1.807) is 30.5 Å². The molecule has 1 saturated heterocycles. The lowest BCUT2D eigenvalue weighted by Gasteiger charge is -2.29. The number of halogens is 2. The number of benzene rings is 1. The van der Waals surface area contributed by atoms with Gasteiger partial charge in [0.25, 0.3) is 0 Å². The van der Waals surface area contributed by atoms with Crippen molar-refractivity contribution in [3.63, 3.8) is 0 Å². The molecule has 2 aromatic rings. The molecule has 2 heterocycles. The van der Waals surface area contributed by atoms with Gasteiger partial charge in [0, 0.05) is 19.3 Å². The van der Waals surface area contributed by atoms with E-state index in [-0.39, 0.29) is 12.3 Å². The molecule has 3 rings (SSSR count). The molecule has 0 atom stereocenters. The first-order valence-electron chi connectivity index (χ1n) is 7.65. The summed E-state index contributed by atoms with van der Waals surface area (Å²) in [5, 5.41) is 3.85. The van der Waals surface area contributed by atoms with Gasteiger partial charge in [0.05, 0.1) is 35.4 Å². The van der Waals surface area contributed by atoms with Crippen LogP contribution in [-0.4, -0.2) is 37.2 Å². The maximum Gasteiger partial charge on any atom is 0.228 e. The monoisotopic (exact) mass is 365 g/mol. The summed E-state index contributed by atoms with van der Waals surface area (Å²) in [5.74, 6) is 0.638. The zero-order valence-electron chi connectivity index (χ0n) is 13.0. The second kappa shape index (κ2) is 7.83. The third kappa shape index (κ3) is 4.17. The van der Waals surface area contributed by atoms with Crippen LogP contribution in [0.25, 0.3) is 0 Å². The standard InChI is InChI=1S/C17H17Cl2N3O2/c18-13-4-3-12(10-14(13)19)11-16(23)21-15-2-1-5-20-17(15)22-6-8-24-9-7-22/h1-5,10H,6-9,11H2,(H,21,23). The van der Waals surface area contributed by atoms with Crippen LogP contribution in [0.3, 0.4) is 0 Å². The van der Waals surface area contributed by atoms with E-state index in [0.717, 1.165) is 24.5 Å². The highest BCUT2D eigenvalue weighted by Gasteiger charge is 2.17. The molecule has 0 spiro atoms. The van der Waals surface area contributed by atoms with Crippen molar-refractivity contribution in [2.24, 2.45) is 0 Å². The molecule has 0 radical (unpaired) electrons. The Labute approximate surface area is 150 Å². The topological polar surface area (TPSA) is 54.5 Å². The van der Waals surface area contributed by atoms with Crippen LogP contribution in [0.15, 0.2) is 36.5 Å². The molecule has 0 aliphatic carbocycles. The quantitative estimate of drug-likeness (QED) is 0.901. The average Bonchev–Trinajstić information content (AvgIpc) is 2.59. The number of ether oxygens (including phenoxy) is 1.